The highest BCUT2D eigenvalue weighted by Gasteiger charge is 2.45. The van der Waals surface area contributed by atoms with E-state index >= 15 is 0 Å². The predicted molar refractivity (Wildman–Crippen MR) is 95.8 cm³/mol. The Bertz CT molecular complexity index is 922. The zero-order chi connectivity index (χ0) is 18.1. The normalized spacial score (nSPS) is 22.9. The van der Waals surface area contributed by atoms with Crippen molar-refractivity contribution in [3.8, 4) is 0 Å². The minimum Gasteiger partial charge on any atom is -0.311 e. The third-order valence-electron chi connectivity index (χ3n) is 4.21. The van der Waals surface area contributed by atoms with E-state index in [0.29, 0.717) is 13.0 Å². The lowest BCUT2D eigenvalue weighted by atomic mass is 10.1. The van der Waals surface area contributed by atoms with Gasteiger partial charge in [-0.05, 0) is 42.1 Å². The highest BCUT2D eigenvalue weighted by molar-refractivity contribution is 7.97. The van der Waals surface area contributed by atoms with E-state index in [-0.39, 0.29) is 21.5 Å². The van der Waals surface area contributed by atoms with Crippen LogP contribution in [0.4, 0.5) is 4.39 Å². The second-order valence-corrected chi connectivity index (χ2v) is 11.5. The molecule has 3 rings (SSSR count). The smallest absolute Gasteiger partial charge is 0.193 e. The standard InChI is InChI=1S/C16H18FNO4S3/c17-13-5-3-12(4-6-13)7-8-18-14-10-24(19,20)11-15(14)25(21,22)16-2-1-9-23-16/h1-6,9,14-15,18H,7-8,10-11H2. The Morgan fingerprint density at radius 3 is 2.52 bits per heavy atom. The zero-order valence-electron chi connectivity index (χ0n) is 13.3. The van der Waals surface area contributed by atoms with Gasteiger partial charge in [-0.15, -0.1) is 11.3 Å². The van der Waals surface area contributed by atoms with Crippen molar-refractivity contribution >= 4 is 31.0 Å². The molecule has 0 radical (unpaired) electrons. The van der Waals surface area contributed by atoms with Crippen molar-refractivity contribution in [1.82, 2.24) is 5.32 Å². The number of rotatable bonds is 6. The molecule has 2 heterocycles. The fraction of sp³-hybridized carbons (Fsp3) is 0.375. The molecule has 2 atom stereocenters. The lowest BCUT2D eigenvalue weighted by molar-refractivity contribution is 0.529. The molecule has 1 fully saturated rings. The monoisotopic (exact) mass is 403 g/mol. The Hall–Kier alpha value is -1.29. The predicted octanol–water partition coefficient (Wildman–Crippen LogP) is 1.66. The van der Waals surface area contributed by atoms with Gasteiger partial charge in [0.25, 0.3) is 0 Å². The van der Waals surface area contributed by atoms with Crippen LogP contribution in [0.15, 0.2) is 46.0 Å². The second kappa shape index (κ2) is 7.14. The Morgan fingerprint density at radius 2 is 1.88 bits per heavy atom. The van der Waals surface area contributed by atoms with E-state index in [2.05, 4.69) is 5.32 Å². The molecule has 1 aliphatic rings. The van der Waals surface area contributed by atoms with E-state index < -0.39 is 31.0 Å². The van der Waals surface area contributed by atoms with Crippen LogP contribution in [-0.4, -0.2) is 46.2 Å². The molecule has 0 saturated carbocycles. The maximum absolute atomic E-state index is 12.9. The van der Waals surface area contributed by atoms with Gasteiger partial charge in [0.1, 0.15) is 10.0 Å². The molecule has 1 saturated heterocycles. The summed E-state index contributed by atoms with van der Waals surface area (Å²) in [6.45, 7) is 0.419. The number of hydrogen-bond donors (Lipinski definition) is 1. The second-order valence-electron chi connectivity index (χ2n) is 6.03. The molecular formula is C16H18FNO4S3. The molecular weight excluding hydrogens is 385 g/mol. The largest absolute Gasteiger partial charge is 0.311 e. The molecule has 1 aromatic carbocycles. The van der Waals surface area contributed by atoms with Crippen molar-refractivity contribution < 1.29 is 21.2 Å². The van der Waals surface area contributed by atoms with Crippen LogP contribution in [0.25, 0.3) is 0 Å². The SMILES string of the molecule is O=S1(=O)CC(NCCc2ccc(F)cc2)C(S(=O)(=O)c2cccs2)C1. The van der Waals surface area contributed by atoms with Crippen LogP contribution < -0.4 is 5.32 Å². The van der Waals surface area contributed by atoms with Crippen LogP contribution in [0.3, 0.4) is 0 Å². The molecule has 0 bridgehead atoms. The number of hydrogen-bond acceptors (Lipinski definition) is 6. The van der Waals surface area contributed by atoms with Crippen molar-refractivity contribution in [2.45, 2.75) is 21.9 Å². The Kier molecular flexibility index (Phi) is 5.29. The van der Waals surface area contributed by atoms with E-state index in [1.54, 1.807) is 23.6 Å². The highest BCUT2D eigenvalue weighted by atomic mass is 32.2. The third kappa shape index (κ3) is 4.28. The molecule has 1 aliphatic heterocycles. The highest BCUT2D eigenvalue weighted by Crippen LogP contribution is 2.28. The van der Waals surface area contributed by atoms with E-state index in [4.69, 9.17) is 0 Å². The number of benzene rings is 1. The fourth-order valence-corrected chi connectivity index (χ4v) is 8.88. The quantitative estimate of drug-likeness (QED) is 0.793. The van der Waals surface area contributed by atoms with Crippen molar-refractivity contribution in [2.75, 3.05) is 18.1 Å². The van der Waals surface area contributed by atoms with Crippen molar-refractivity contribution in [1.29, 1.82) is 0 Å². The molecule has 0 spiro atoms. The van der Waals surface area contributed by atoms with Crippen LogP contribution in [0.1, 0.15) is 5.56 Å². The lowest BCUT2D eigenvalue weighted by Gasteiger charge is -2.19. The number of sulfone groups is 2. The summed E-state index contributed by atoms with van der Waals surface area (Å²) in [7, 11) is -7.10. The number of thiophene rings is 1. The van der Waals surface area contributed by atoms with Gasteiger partial charge in [-0.2, -0.15) is 0 Å². The van der Waals surface area contributed by atoms with E-state index in [1.165, 1.54) is 18.2 Å². The summed E-state index contributed by atoms with van der Waals surface area (Å²) in [4.78, 5) is 0. The Morgan fingerprint density at radius 1 is 1.16 bits per heavy atom. The molecule has 1 aromatic heterocycles. The molecule has 0 aliphatic carbocycles. The summed E-state index contributed by atoms with van der Waals surface area (Å²) in [5.41, 5.74) is 0.896. The van der Waals surface area contributed by atoms with E-state index in [0.717, 1.165) is 16.9 Å². The number of halogens is 1. The summed E-state index contributed by atoms with van der Waals surface area (Å²) in [6, 6.07) is 8.53. The molecule has 2 aromatic rings. The van der Waals surface area contributed by atoms with Gasteiger partial charge < -0.3 is 5.32 Å². The first-order valence-corrected chi connectivity index (χ1v) is 12.0. The first-order chi connectivity index (χ1) is 11.8. The first kappa shape index (κ1) is 18.5. The van der Waals surface area contributed by atoms with Crippen LogP contribution in [0.2, 0.25) is 0 Å². The van der Waals surface area contributed by atoms with Crippen molar-refractivity contribution in [3.05, 3.63) is 53.2 Å². The average molecular weight is 404 g/mol. The average Bonchev–Trinajstić information content (AvgIpc) is 3.18. The molecule has 2 unspecified atom stereocenters. The van der Waals surface area contributed by atoms with E-state index in [9.17, 15) is 21.2 Å². The molecule has 0 amide bonds. The van der Waals surface area contributed by atoms with Crippen LogP contribution >= 0.6 is 11.3 Å². The minimum atomic E-state index is -3.69. The van der Waals surface area contributed by atoms with Crippen molar-refractivity contribution in [2.24, 2.45) is 0 Å². The van der Waals surface area contributed by atoms with Gasteiger partial charge in [0.05, 0.1) is 16.8 Å². The van der Waals surface area contributed by atoms with Crippen LogP contribution in [0, 0.1) is 5.82 Å². The summed E-state index contributed by atoms with van der Waals surface area (Å²) in [5.74, 6) is -0.867. The van der Waals surface area contributed by atoms with E-state index in [1.807, 2.05) is 0 Å². The Balaban J connectivity index is 1.71. The van der Waals surface area contributed by atoms with Gasteiger partial charge in [-0.3, -0.25) is 0 Å². The van der Waals surface area contributed by atoms with Crippen LogP contribution in [-0.2, 0) is 26.1 Å². The van der Waals surface area contributed by atoms with Gasteiger partial charge >= 0.3 is 0 Å². The molecule has 5 nitrogen and oxygen atoms in total. The molecule has 136 valence electrons. The molecule has 25 heavy (non-hydrogen) atoms. The molecule has 1 N–H and O–H groups in total. The maximum Gasteiger partial charge on any atom is 0.193 e. The lowest BCUT2D eigenvalue weighted by Crippen LogP contribution is -2.43. The summed E-state index contributed by atoms with van der Waals surface area (Å²) in [6.07, 6.45) is 0.558. The van der Waals surface area contributed by atoms with Gasteiger partial charge in [-0.1, -0.05) is 18.2 Å². The van der Waals surface area contributed by atoms with Crippen LogP contribution in [0.5, 0.6) is 0 Å². The fourth-order valence-electron chi connectivity index (χ4n) is 2.94. The zero-order valence-corrected chi connectivity index (χ0v) is 15.7. The van der Waals surface area contributed by atoms with Gasteiger partial charge in [-0.25, -0.2) is 21.2 Å². The molecule has 9 heteroatoms. The van der Waals surface area contributed by atoms with Gasteiger partial charge in [0, 0.05) is 6.04 Å². The first-order valence-electron chi connectivity index (χ1n) is 7.73. The van der Waals surface area contributed by atoms with Gasteiger partial charge in [0.2, 0.25) is 0 Å². The minimum absolute atomic E-state index is 0.189. The summed E-state index contributed by atoms with van der Waals surface area (Å²) < 4.78 is 62.6. The summed E-state index contributed by atoms with van der Waals surface area (Å²) in [5, 5.41) is 3.75. The van der Waals surface area contributed by atoms with Gasteiger partial charge in [0.15, 0.2) is 19.7 Å². The Labute approximate surface area is 150 Å². The maximum atomic E-state index is 12.9. The number of nitrogens with one attached hydrogen (secondary N) is 1. The van der Waals surface area contributed by atoms with Crippen molar-refractivity contribution in [3.63, 3.8) is 0 Å². The topological polar surface area (TPSA) is 80.3 Å². The third-order valence-corrected chi connectivity index (χ3v) is 9.79. The summed E-state index contributed by atoms with van der Waals surface area (Å²) >= 11 is 1.09.